The number of aryl methyl sites for hydroxylation is 1. The minimum atomic E-state index is -1.29. The van der Waals surface area contributed by atoms with E-state index in [1.165, 1.54) is 4.52 Å². The number of carbonyl (C=O) groups excluding carboxylic acids is 1. The van der Waals surface area contributed by atoms with Crippen LogP contribution in [0, 0.1) is 6.92 Å². The van der Waals surface area contributed by atoms with Gasteiger partial charge in [-0.15, -0.1) is 5.10 Å². The lowest BCUT2D eigenvalue weighted by Crippen LogP contribution is -2.32. The van der Waals surface area contributed by atoms with Crippen molar-refractivity contribution in [2.24, 2.45) is 0 Å². The Morgan fingerprint density at radius 1 is 1.23 bits per heavy atom. The van der Waals surface area contributed by atoms with Gasteiger partial charge >= 0.3 is 12.1 Å². The van der Waals surface area contributed by atoms with E-state index < -0.39 is 23.5 Å². The number of nitrogens with one attached hydrogen (secondary N) is 1. The molecule has 11 heteroatoms. The molecule has 3 aromatic rings. The zero-order valence-electron chi connectivity index (χ0n) is 16.7. The summed E-state index contributed by atoms with van der Waals surface area (Å²) < 4.78 is 6.57. The van der Waals surface area contributed by atoms with Crippen molar-refractivity contribution in [3.63, 3.8) is 0 Å². The number of hydrogen-bond acceptors (Lipinski definition) is 6. The average Bonchev–Trinajstić information content (AvgIpc) is 3.02. The number of carboxylic acid groups (broad SMARTS) is 1. The van der Waals surface area contributed by atoms with Gasteiger partial charge in [-0.1, -0.05) is 23.2 Å². The van der Waals surface area contributed by atoms with Gasteiger partial charge in [-0.2, -0.15) is 9.50 Å². The standard InChI is InChI=1S/C19H19Cl2N5O4/c1-9-12(8-22-18(29)30-19(2,3)4)14(11-6-5-10(20)7-13(11)21)26-17(23-9)24-15(25-26)16(27)28/h5-7H,8H2,1-4H3,(H,22,29)(H,27,28). The van der Waals surface area contributed by atoms with Crippen LogP contribution in [0.5, 0.6) is 0 Å². The van der Waals surface area contributed by atoms with Crippen LogP contribution in [0.1, 0.15) is 42.6 Å². The molecule has 1 amide bonds. The van der Waals surface area contributed by atoms with Crippen LogP contribution in [0.3, 0.4) is 0 Å². The third-order valence-electron chi connectivity index (χ3n) is 3.98. The van der Waals surface area contributed by atoms with Crippen LogP contribution in [0.2, 0.25) is 10.0 Å². The third-order valence-corrected chi connectivity index (χ3v) is 4.53. The molecule has 0 aliphatic rings. The first kappa shape index (κ1) is 21.8. The first-order chi connectivity index (χ1) is 14.0. The SMILES string of the molecule is Cc1nc2nc(C(=O)O)nn2c(-c2ccc(Cl)cc2Cl)c1CNC(=O)OC(C)(C)C. The second kappa shape index (κ2) is 8.08. The van der Waals surface area contributed by atoms with Crippen molar-refractivity contribution < 1.29 is 19.4 Å². The van der Waals surface area contributed by atoms with E-state index in [0.29, 0.717) is 32.6 Å². The molecule has 0 fully saturated rings. The highest BCUT2D eigenvalue weighted by molar-refractivity contribution is 6.36. The van der Waals surface area contributed by atoms with Crippen LogP contribution >= 0.6 is 23.2 Å². The van der Waals surface area contributed by atoms with Crippen molar-refractivity contribution in [2.45, 2.75) is 39.8 Å². The zero-order valence-corrected chi connectivity index (χ0v) is 18.2. The second-order valence-corrected chi connectivity index (χ2v) is 8.30. The monoisotopic (exact) mass is 451 g/mol. The number of rotatable bonds is 4. The van der Waals surface area contributed by atoms with Crippen LogP contribution in [0.4, 0.5) is 4.79 Å². The van der Waals surface area contributed by atoms with Gasteiger partial charge in [0.05, 0.1) is 17.3 Å². The Morgan fingerprint density at radius 2 is 1.93 bits per heavy atom. The fourth-order valence-electron chi connectivity index (χ4n) is 2.78. The average molecular weight is 452 g/mol. The van der Waals surface area contributed by atoms with Gasteiger partial charge in [0.25, 0.3) is 11.6 Å². The highest BCUT2D eigenvalue weighted by Crippen LogP contribution is 2.33. The van der Waals surface area contributed by atoms with E-state index in [2.05, 4.69) is 20.4 Å². The summed E-state index contributed by atoms with van der Waals surface area (Å²) in [6.45, 7) is 7.03. The number of amides is 1. The molecule has 9 nitrogen and oxygen atoms in total. The molecule has 1 aromatic carbocycles. The van der Waals surface area contributed by atoms with Crippen molar-refractivity contribution in [3.8, 4) is 11.3 Å². The lowest BCUT2D eigenvalue weighted by Gasteiger charge is -2.20. The van der Waals surface area contributed by atoms with E-state index in [4.69, 9.17) is 27.9 Å². The molecule has 0 aliphatic carbocycles. The minimum absolute atomic E-state index is 0.0419. The number of ether oxygens (including phenoxy) is 1. The number of halogens is 2. The summed E-state index contributed by atoms with van der Waals surface area (Å²) in [6, 6.07) is 4.88. The van der Waals surface area contributed by atoms with Gasteiger partial charge in [-0.3, -0.25) is 0 Å². The van der Waals surface area contributed by atoms with E-state index in [0.717, 1.165) is 0 Å². The van der Waals surface area contributed by atoms with Crippen LogP contribution < -0.4 is 5.32 Å². The Hall–Kier alpha value is -2.91. The summed E-state index contributed by atoms with van der Waals surface area (Å²) in [7, 11) is 0. The topological polar surface area (TPSA) is 119 Å². The van der Waals surface area contributed by atoms with Gasteiger partial charge in [-0.05, 0) is 45.9 Å². The first-order valence-electron chi connectivity index (χ1n) is 8.88. The van der Waals surface area contributed by atoms with E-state index >= 15 is 0 Å². The van der Waals surface area contributed by atoms with E-state index in [1.54, 1.807) is 45.9 Å². The summed E-state index contributed by atoms with van der Waals surface area (Å²) in [5.41, 5.74) is 1.39. The number of hydrogen-bond donors (Lipinski definition) is 2. The van der Waals surface area contributed by atoms with Crippen LogP contribution in [0.15, 0.2) is 18.2 Å². The Balaban J connectivity index is 2.16. The molecule has 30 heavy (non-hydrogen) atoms. The lowest BCUT2D eigenvalue weighted by atomic mass is 10.0. The number of aromatic nitrogens is 4. The maximum absolute atomic E-state index is 12.1. The van der Waals surface area contributed by atoms with Gasteiger partial charge in [0, 0.05) is 21.8 Å². The van der Waals surface area contributed by atoms with Crippen molar-refractivity contribution in [2.75, 3.05) is 0 Å². The Morgan fingerprint density at radius 3 is 2.53 bits per heavy atom. The number of aromatic carboxylic acids is 1. The van der Waals surface area contributed by atoms with E-state index in [-0.39, 0.29) is 12.3 Å². The highest BCUT2D eigenvalue weighted by atomic mass is 35.5. The van der Waals surface area contributed by atoms with Crippen molar-refractivity contribution in [1.82, 2.24) is 24.9 Å². The lowest BCUT2D eigenvalue weighted by molar-refractivity contribution is 0.0523. The molecule has 0 saturated carbocycles. The van der Waals surface area contributed by atoms with Crippen molar-refractivity contribution >= 4 is 41.0 Å². The quantitative estimate of drug-likeness (QED) is 0.611. The number of benzene rings is 1. The minimum Gasteiger partial charge on any atom is -0.475 e. The predicted octanol–water partition coefficient (Wildman–Crippen LogP) is 4.13. The molecule has 0 spiro atoms. The number of nitrogens with zero attached hydrogens (tertiary/aromatic N) is 4. The smallest absolute Gasteiger partial charge is 0.407 e. The van der Waals surface area contributed by atoms with Gasteiger partial charge in [0.15, 0.2) is 0 Å². The molecular formula is C19H19Cl2N5O4. The maximum Gasteiger partial charge on any atom is 0.407 e. The van der Waals surface area contributed by atoms with Gasteiger partial charge in [0.2, 0.25) is 0 Å². The number of fused-ring (bicyclic) bond motifs is 1. The summed E-state index contributed by atoms with van der Waals surface area (Å²) >= 11 is 12.4. The van der Waals surface area contributed by atoms with Crippen LogP contribution in [0.25, 0.3) is 17.0 Å². The Labute approximate surface area is 182 Å². The molecule has 2 heterocycles. The van der Waals surface area contributed by atoms with Crippen LogP contribution in [-0.4, -0.2) is 42.4 Å². The summed E-state index contributed by atoms with van der Waals surface area (Å²) in [4.78, 5) is 31.8. The molecule has 0 unspecified atom stereocenters. The van der Waals surface area contributed by atoms with E-state index in [1.807, 2.05) is 0 Å². The zero-order chi connectivity index (χ0) is 22.2. The molecular weight excluding hydrogens is 433 g/mol. The first-order valence-corrected chi connectivity index (χ1v) is 9.63. The molecule has 2 aromatic heterocycles. The van der Waals surface area contributed by atoms with Gasteiger partial charge < -0.3 is 15.2 Å². The number of carboxylic acids is 1. The van der Waals surface area contributed by atoms with E-state index in [9.17, 15) is 14.7 Å². The third kappa shape index (κ3) is 4.63. The van der Waals surface area contributed by atoms with Crippen LogP contribution in [-0.2, 0) is 11.3 Å². The fraction of sp³-hybridized carbons (Fsp3) is 0.316. The van der Waals surface area contributed by atoms with Crippen molar-refractivity contribution in [3.05, 3.63) is 45.3 Å². The maximum atomic E-state index is 12.1. The Kier molecular flexibility index (Phi) is 5.87. The highest BCUT2D eigenvalue weighted by Gasteiger charge is 2.23. The van der Waals surface area contributed by atoms with Crippen molar-refractivity contribution in [1.29, 1.82) is 0 Å². The second-order valence-electron chi connectivity index (χ2n) is 7.46. The summed E-state index contributed by atoms with van der Waals surface area (Å²) in [5.74, 6) is -1.61. The fourth-order valence-corrected chi connectivity index (χ4v) is 3.28. The predicted molar refractivity (Wildman–Crippen MR) is 111 cm³/mol. The molecule has 0 bridgehead atoms. The molecule has 0 atom stereocenters. The number of carbonyl (C=O) groups is 2. The Bertz CT molecular complexity index is 1150. The van der Waals surface area contributed by atoms with Gasteiger partial charge in [0.1, 0.15) is 5.60 Å². The molecule has 0 saturated heterocycles. The molecule has 2 N–H and O–H groups in total. The molecule has 3 rings (SSSR count). The van der Waals surface area contributed by atoms with Gasteiger partial charge in [-0.25, -0.2) is 14.6 Å². The molecule has 0 radical (unpaired) electrons. The molecule has 158 valence electrons. The summed E-state index contributed by atoms with van der Waals surface area (Å²) in [5, 5.41) is 16.8. The number of alkyl carbamates (subject to hydrolysis) is 1. The largest absolute Gasteiger partial charge is 0.475 e. The normalized spacial score (nSPS) is 11.5. The summed E-state index contributed by atoms with van der Waals surface area (Å²) in [6.07, 6.45) is -0.611. The molecule has 0 aliphatic heterocycles.